The maximum atomic E-state index is 6.04. The minimum atomic E-state index is 0.584. The maximum Gasteiger partial charge on any atom is 0.0350 e. The van der Waals surface area contributed by atoms with Crippen LogP contribution in [-0.2, 0) is 13.0 Å². The SMILES string of the molecule is NCc1cccc(N)c1CCN1CCCCC1. The number of benzene rings is 1. The Bertz CT molecular complexity index is 356. The van der Waals surface area contributed by atoms with Crippen LogP contribution < -0.4 is 11.5 Å². The Morgan fingerprint density at radius 3 is 2.59 bits per heavy atom. The summed E-state index contributed by atoms with van der Waals surface area (Å²) >= 11 is 0. The molecule has 0 amide bonds. The summed E-state index contributed by atoms with van der Waals surface area (Å²) in [5.74, 6) is 0. The third-order valence-electron chi connectivity index (χ3n) is 3.66. The molecule has 0 aromatic heterocycles. The van der Waals surface area contributed by atoms with E-state index in [0.717, 1.165) is 18.7 Å². The second kappa shape index (κ2) is 6.03. The van der Waals surface area contributed by atoms with Gasteiger partial charge in [-0.1, -0.05) is 18.6 Å². The molecule has 1 saturated heterocycles. The van der Waals surface area contributed by atoms with Crippen LogP contribution in [0.5, 0.6) is 0 Å². The fourth-order valence-corrected chi connectivity index (χ4v) is 2.60. The van der Waals surface area contributed by atoms with Gasteiger partial charge in [0.25, 0.3) is 0 Å². The lowest BCUT2D eigenvalue weighted by Gasteiger charge is -2.26. The van der Waals surface area contributed by atoms with Crippen molar-refractivity contribution in [3.05, 3.63) is 29.3 Å². The molecule has 1 heterocycles. The zero-order valence-corrected chi connectivity index (χ0v) is 10.5. The highest BCUT2D eigenvalue weighted by atomic mass is 15.1. The van der Waals surface area contributed by atoms with Gasteiger partial charge in [0.1, 0.15) is 0 Å². The van der Waals surface area contributed by atoms with E-state index in [4.69, 9.17) is 11.5 Å². The second-order valence-corrected chi connectivity index (χ2v) is 4.84. The Labute approximate surface area is 104 Å². The lowest BCUT2D eigenvalue weighted by Crippen LogP contribution is -2.31. The van der Waals surface area contributed by atoms with E-state index in [0.29, 0.717) is 6.54 Å². The van der Waals surface area contributed by atoms with Gasteiger partial charge in [-0.2, -0.15) is 0 Å². The van der Waals surface area contributed by atoms with Crippen LogP contribution in [0.1, 0.15) is 30.4 Å². The smallest absolute Gasteiger partial charge is 0.0350 e. The van der Waals surface area contributed by atoms with Gasteiger partial charge in [0.15, 0.2) is 0 Å². The number of rotatable bonds is 4. The molecular formula is C14H23N3. The van der Waals surface area contributed by atoms with Crippen molar-refractivity contribution in [2.75, 3.05) is 25.4 Å². The quantitative estimate of drug-likeness (QED) is 0.779. The lowest BCUT2D eigenvalue weighted by molar-refractivity contribution is 0.231. The maximum absolute atomic E-state index is 6.04. The first-order chi connectivity index (χ1) is 8.31. The summed E-state index contributed by atoms with van der Waals surface area (Å²) in [6.45, 7) is 4.18. The minimum Gasteiger partial charge on any atom is -0.398 e. The Balaban J connectivity index is 1.97. The van der Waals surface area contributed by atoms with Gasteiger partial charge in [0.05, 0.1) is 0 Å². The topological polar surface area (TPSA) is 55.3 Å². The van der Waals surface area contributed by atoms with Crippen molar-refractivity contribution in [3.63, 3.8) is 0 Å². The van der Waals surface area contributed by atoms with Crippen molar-refractivity contribution < 1.29 is 0 Å². The molecule has 0 saturated carbocycles. The number of hydrogen-bond acceptors (Lipinski definition) is 3. The molecule has 1 aromatic carbocycles. The van der Waals surface area contributed by atoms with Crippen molar-refractivity contribution in [2.24, 2.45) is 5.73 Å². The van der Waals surface area contributed by atoms with E-state index in [-0.39, 0.29) is 0 Å². The molecule has 1 aliphatic heterocycles. The molecule has 0 radical (unpaired) electrons. The summed E-state index contributed by atoms with van der Waals surface area (Å²) in [6.07, 6.45) is 5.10. The number of nitrogen functional groups attached to an aromatic ring is 1. The fraction of sp³-hybridized carbons (Fsp3) is 0.571. The Kier molecular flexibility index (Phi) is 4.40. The highest BCUT2D eigenvalue weighted by molar-refractivity contribution is 5.51. The highest BCUT2D eigenvalue weighted by Gasteiger charge is 2.11. The van der Waals surface area contributed by atoms with Crippen molar-refractivity contribution in [1.29, 1.82) is 0 Å². The van der Waals surface area contributed by atoms with Crippen molar-refractivity contribution in [2.45, 2.75) is 32.2 Å². The van der Waals surface area contributed by atoms with Gasteiger partial charge in [0, 0.05) is 18.8 Å². The Morgan fingerprint density at radius 1 is 1.12 bits per heavy atom. The first-order valence-corrected chi connectivity index (χ1v) is 6.60. The van der Waals surface area contributed by atoms with Gasteiger partial charge in [-0.25, -0.2) is 0 Å². The molecular weight excluding hydrogens is 210 g/mol. The summed E-state index contributed by atoms with van der Waals surface area (Å²) in [6, 6.07) is 6.05. The number of nitrogens with zero attached hydrogens (tertiary/aromatic N) is 1. The predicted molar refractivity (Wildman–Crippen MR) is 72.7 cm³/mol. The predicted octanol–water partition coefficient (Wildman–Crippen LogP) is 1.76. The van der Waals surface area contributed by atoms with Crippen LogP contribution >= 0.6 is 0 Å². The number of likely N-dealkylation sites (tertiary alicyclic amines) is 1. The summed E-state index contributed by atoms with van der Waals surface area (Å²) in [4.78, 5) is 2.54. The molecule has 0 unspecified atom stereocenters. The van der Waals surface area contributed by atoms with E-state index in [1.54, 1.807) is 0 Å². The van der Waals surface area contributed by atoms with E-state index in [1.807, 2.05) is 12.1 Å². The zero-order chi connectivity index (χ0) is 12.1. The summed E-state index contributed by atoms with van der Waals surface area (Å²) in [7, 11) is 0. The van der Waals surface area contributed by atoms with E-state index in [2.05, 4.69) is 11.0 Å². The monoisotopic (exact) mass is 233 g/mol. The molecule has 0 bridgehead atoms. The summed E-state index contributed by atoms with van der Waals surface area (Å²) < 4.78 is 0. The largest absolute Gasteiger partial charge is 0.398 e. The van der Waals surface area contributed by atoms with E-state index < -0.39 is 0 Å². The number of nitrogens with two attached hydrogens (primary N) is 2. The Hall–Kier alpha value is -1.06. The van der Waals surface area contributed by atoms with Gasteiger partial charge in [-0.05, 0) is 49.5 Å². The van der Waals surface area contributed by atoms with E-state index >= 15 is 0 Å². The lowest BCUT2D eigenvalue weighted by atomic mass is 10.0. The van der Waals surface area contributed by atoms with E-state index in [9.17, 15) is 0 Å². The molecule has 2 rings (SSSR count). The third kappa shape index (κ3) is 3.20. The van der Waals surface area contributed by atoms with Crippen LogP contribution in [0.2, 0.25) is 0 Å². The zero-order valence-electron chi connectivity index (χ0n) is 10.5. The molecule has 0 atom stereocenters. The van der Waals surface area contributed by atoms with Crippen LogP contribution in [-0.4, -0.2) is 24.5 Å². The molecule has 1 aromatic rings. The first-order valence-electron chi connectivity index (χ1n) is 6.60. The van der Waals surface area contributed by atoms with Gasteiger partial charge >= 0.3 is 0 Å². The van der Waals surface area contributed by atoms with Crippen molar-refractivity contribution in [3.8, 4) is 0 Å². The van der Waals surface area contributed by atoms with Crippen LogP contribution in [0.4, 0.5) is 5.69 Å². The molecule has 17 heavy (non-hydrogen) atoms. The fourth-order valence-electron chi connectivity index (χ4n) is 2.60. The molecule has 0 spiro atoms. The summed E-state index contributed by atoms with van der Waals surface area (Å²) in [5.41, 5.74) is 15.1. The average molecular weight is 233 g/mol. The molecule has 94 valence electrons. The second-order valence-electron chi connectivity index (χ2n) is 4.84. The van der Waals surface area contributed by atoms with Gasteiger partial charge < -0.3 is 16.4 Å². The molecule has 3 heteroatoms. The van der Waals surface area contributed by atoms with Crippen LogP contribution in [0.3, 0.4) is 0 Å². The van der Waals surface area contributed by atoms with E-state index in [1.165, 1.54) is 43.5 Å². The van der Waals surface area contributed by atoms with Gasteiger partial charge in [-0.15, -0.1) is 0 Å². The standard InChI is InChI=1S/C14H23N3/c15-11-12-5-4-6-14(16)13(12)7-10-17-8-2-1-3-9-17/h4-6H,1-3,7-11,15-16H2. The number of hydrogen-bond donors (Lipinski definition) is 2. The molecule has 0 aliphatic carbocycles. The average Bonchev–Trinajstić information content (AvgIpc) is 2.38. The first kappa shape index (κ1) is 12.4. The minimum absolute atomic E-state index is 0.584. The number of piperidine rings is 1. The van der Waals surface area contributed by atoms with Crippen molar-refractivity contribution in [1.82, 2.24) is 4.90 Å². The Morgan fingerprint density at radius 2 is 1.88 bits per heavy atom. The summed E-state index contributed by atoms with van der Waals surface area (Å²) in [5, 5.41) is 0. The molecule has 1 aliphatic rings. The number of anilines is 1. The van der Waals surface area contributed by atoms with Crippen LogP contribution in [0.25, 0.3) is 0 Å². The highest BCUT2D eigenvalue weighted by Crippen LogP contribution is 2.18. The molecule has 3 nitrogen and oxygen atoms in total. The van der Waals surface area contributed by atoms with Crippen molar-refractivity contribution >= 4 is 5.69 Å². The molecule has 1 fully saturated rings. The van der Waals surface area contributed by atoms with Gasteiger partial charge in [0.2, 0.25) is 0 Å². The molecule has 4 N–H and O–H groups in total. The normalized spacial score (nSPS) is 17.2. The van der Waals surface area contributed by atoms with Crippen LogP contribution in [0, 0.1) is 0 Å². The third-order valence-corrected chi connectivity index (χ3v) is 3.66. The van der Waals surface area contributed by atoms with Gasteiger partial charge in [-0.3, -0.25) is 0 Å². The van der Waals surface area contributed by atoms with Crippen LogP contribution in [0.15, 0.2) is 18.2 Å².